The second kappa shape index (κ2) is 6.11. The molecule has 1 aliphatic rings. The number of anilines is 1. The molecule has 22 heavy (non-hydrogen) atoms. The Morgan fingerprint density at radius 1 is 1.27 bits per heavy atom. The lowest BCUT2D eigenvalue weighted by Crippen LogP contribution is -2.42. The number of rotatable bonds is 4. The topological polar surface area (TPSA) is 101 Å². The third-order valence-corrected chi connectivity index (χ3v) is 3.92. The number of pyridine rings is 2. The van der Waals surface area contributed by atoms with Crippen LogP contribution in [0.4, 0.5) is 5.82 Å². The predicted molar refractivity (Wildman–Crippen MR) is 81.8 cm³/mol. The molecule has 0 aliphatic heterocycles. The Hall–Kier alpha value is -2.47. The van der Waals surface area contributed by atoms with Crippen molar-refractivity contribution < 1.29 is 9.90 Å². The van der Waals surface area contributed by atoms with Crippen molar-refractivity contribution in [1.29, 1.82) is 0 Å². The standard InChI is InChI=1S/C16H18N4O2/c17-14-6-3-5-13(19-14)16(22)20-15(10-8-11(21)9-10)12-4-1-2-7-18-12/h1-7,10-11,15,21H,8-9H2,(H2,17,19)(H,20,22)/t10?,11?,15-/m1/s1. The first-order valence-corrected chi connectivity index (χ1v) is 7.26. The zero-order chi connectivity index (χ0) is 15.5. The summed E-state index contributed by atoms with van der Waals surface area (Å²) in [5.74, 6) is 0.195. The van der Waals surface area contributed by atoms with E-state index in [0.717, 1.165) is 5.69 Å². The summed E-state index contributed by atoms with van der Waals surface area (Å²) in [6.45, 7) is 0. The van der Waals surface area contributed by atoms with Gasteiger partial charge in [0.15, 0.2) is 0 Å². The molecule has 0 spiro atoms. The molecule has 2 aromatic rings. The first kappa shape index (κ1) is 14.5. The van der Waals surface area contributed by atoms with Crippen molar-refractivity contribution in [3.8, 4) is 0 Å². The smallest absolute Gasteiger partial charge is 0.270 e. The number of aromatic nitrogens is 2. The zero-order valence-corrected chi connectivity index (χ0v) is 12.0. The van der Waals surface area contributed by atoms with Gasteiger partial charge in [0.2, 0.25) is 0 Å². The molecule has 0 saturated heterocycles. The van der Waals surface area contributed by atoms with Gasteiger partial charge in [-0.2, -0.15) is 0 Å². The van der Waals surface area contributed by atoms with Crippen molar-refractivity contribution in [3.05, 3.63) is 54.0 Å². The summed E-state index contributed by atoms with van der Waals surface area (Å²) in [5.41, 5.74) is 6.68. The van der Waals surface area contributed by atoms with Crippen LogP contribution < -0.4 is 11.1 Å². The van der Waals surface area contributed by atoms with E-state index < -0.39 is 0 Å². The number of nitrogens with two attached hydrogens (primary N) is 1. The third-order valence-electron chi connectivity index (χ3n) is 3.92. The molecule has 0 unspecified atom stereocenters. The number of hydrogen-bond acceptors (Lipinski definition) is 5. The summed E-state index contributed by atoms with van der Waals surface area (Å²) < 4.78 is 0. The van der Waals surface area contributed by atoms with Crippen LogP contribution in [0.1, 0.15) is 35.1 Å². The van der Waals surface area contributed by atoms with Gasteiger partial charge in [0.05, 0.1) is 17.8 Å². The Labute approximate surface area is 128 Å². The molecule has 2 aromatic heterocycles. The van der Waals surface area contributed by atoms with E-state index in [1.807, 2.05) is 18.2 Å². The highest BCUT2D eigenvalue weighted by Crippen LogP contribution is 2.37. The number of aliphatic hydroxyl groups is 1. The summed E-state index contributed by atoms with van der Waals surface area (Å²) in [6, 6.07) is 10.3. The third kappa shape index (κ3) is 3.07. The maximum Gasteiger partial charge on any atom is 0.270 e. The Kier molecular flexibility index (Phi) is 4.02. The second-order valence-electron chi connectivity index (χ2n) is 5.54. The number of nitrogens with one attached hydrogen (secondary N) is 1. The van der Waals surface area contributed by atoms with Crippen molar-refractivity contribution in [3.63, 3.8) is 0 Å². The van der Waals surface area contributed by atoms with Gasteiger partial charge in [-0.25, -0.2) is 4.98 Å². The minimum atomic E-state index is -0.293. The van der Waals surface area contributed by atoms with E-state index in [1.165, 1.54) is 0 Å². The van der Waals surface area contributed by atoms with Crippen molar-refractivity contribution in [2.24, 2.45) is 5.92 Å². The van der Waals surface area contributed by atoms with E-state index in [9.17, 15) is 9.90 Å². The summed E-state index contributed by atoms with van der Waals surface area (Å²) >= 11 is 0. The van der Waals surface area contributed by atoms with E-state index in [4.69, 9.17) is 5.73 Å². The molecule has 1 saturated carbocycles. The first-order valence-electron chi connectivity index (χ1n) is 7.26. The number of nitrogen functional groups attached to an aromatic ring is 1. The average molecular weight is 298 g/mol. The molecule has 0 aromatic carbocycles. The average Bonchev–Trinajstić information content (AvgIpc) is 2.50. The van der Waals surface area contributed by atoms with Crippen LogP contribution in [0.15, 0.2) is 42.6 Å². The van der Waals surface area contributed by atoms with Crippen LogP contribution in [0.3, 0.4) is 0 Å². The minimum Gasteiger partial charge on any atom is -0.393 e. The largest absolute Gasteiger partial charge is 0.393 e. The van der Waals surface area contributed by atoms with Crippen molar-refractivity contribution in [2.45, 2.75) is 25.0 Å². The summed E-state index contributed by atoms with van der Waals surface area (Å²) in [6.07, 6.45) is 2.72. The molecule has 0 bridgehead atoms. The highest BCUT2D eigenvalue weighted by molar-refractivity contribution is 5.92. The Morgan fingerprint density at radius 2 is 2.09 bits per heavy atom. The van der Waals surface area contributed by atoms with Gasteiger partial charge in [0.25, 0.3) is 5.91 Å². The lowest BCUT2D eigenvalue weighted by Gasteiger charge is -2.37. The van der Waals surface area contributed by atoms with Gasteiger partial charge in [-0.05, 0) is 43.0 Å². The van der Waals surface area contributed by atoms with E-state index in [-0.39, 0.29) is 29.7 Å². The second-order valence-corrected chi connectivity index (χ2v) is 5.54. The Morgan fingerprint density at radius 3 is 2.73 bits per heavy atom. The zero-order valence-electron chi connectivity index (χ0n) is 12.0. The number of carbonyl (C=O) groups is 1. The molecule has 1 fully saturated rings. The van der Waals surface area contributed by atoms with Crippen LogP contribution in [-0.2, 0) is 0 Å². The molecule has 1 atom stereocenters. The Balaban J connectivity index is 1.79. The fourth-order valence-electron chi connectivity index (χ4n) is 2.69. The quantitative estimate of drug-likeness (QED) is 0.790. The van der Waals surface area contributed by atoms with Crippen molar-refractivity contribution in [2.75, 3.05) is 5.73 Å². The predicted octanol–water partition coefficient (Wildman–Crippen LogP) is 1.30. The molecule has 2 heterocycles. The van der Waals surface area contributed by atoms with Gasteiger partial charge in [-0.15, -0.1) is 0 Å². The highest BCUT2D eigenvalue weighted by Gasteiger charge is 2.36. The van der Waals surface area contributed by atoms with E-state index >= 15 is 0 Å². The number of aliphatic hydroxyl groups excluding tert-OH is 1. The summed E-state index contributed by atoms with van der Waals surface area (Å²) in [5, 5.41) is 12.5. The van der Waals surface area contributed by atoms with Crippen molar-refractivity contribution >= 4 is 11.7 Å². The van der Waals surface area contributed by atoms with Crippen LogP contribution in [-0.4, -0.2) is 27.1 Å². The van der Waals surface area contributed by atoms with Crippen LogP contribution in [0.25, 0.3) is 0 Å². The van der Waals surface area contributed by atoms with E-state index in [0.29, 0.717) is 18.7 Å². The van der Waals surface area contributed by atoms with Crippen LogP contribution >= 0.6 is 0 Å². The van der Waals surface area contributed by atoms with Crippen LogP contribution in [0, 0.1) is 5.92 Å². The molecular weight excluding hydrogens is 280 g/mol. The van der Waals surface area contributed by atoms with Gasteiger partial charge >= 0.3 is 0 Å². The van der Waals surface area contributed by atoms with Gasteiger partial charge in [0.1, 0.15) is 11.5 Å². The number of amides is 1. The number of nitrogens with zero attached hydrogens (tertiary/aromatic N) is 2. The van der Waals surface area contributed by atoms with Gasteiger partial charge in [0, 0.05) is 6.20 Å². The van der Waals surface area contributed by atoms with Crippen LogP contribution in [0.2, 0.25) is 0 Å². The lowest BCUT2D eigenvalue weighted by molar-refractivity contribution is 0.0228. The molecule has 4 N–H and O–H groups in total. The maximum atomic E-state index is 12.4. The molecule has 0 radical (unpaired) electrons. The van der Waals surface area contributed by atoms with Crippen LogP contribution in [0.5, 0.6) is 0 Å². The van der Waals surface area contributed by atoms with Gasteiger partial charge in [-0.3, -0.25) is 9.78 Å². The molecule has 3 rings (SSSR count). The van der Waals surface area contributed by atoms with E-state index in [2.05, 4.69) is 15.3 Å². The molecule has 1 amide bonds. The van der Waals surface area contributed by atoms with Gasteiger partial charge < -0.3 is 16.2 Å². The fourth-order valence-corrected chi connectivity index (χ4v) is 2.69. The lowest BCUT2D eigenvalue weighted by atomic mass is 9.76. The number of hydrogen-bond donors (Lipinski definition) is 3. The summed E-state index contributed by atoms with van der Waals surface area (Å²) in [7, 11) is 0. The number of carbonyl (C=O) groups excluding carboxylic acids is 1. The minimum absolute atomic E-state index is 0.176. The first-order chi connectivity index (χ1) is 10.6. The molecule has 6 heteroatoms. The maximum absolute atomic E-state index is 12.4. The van der Waals surface area contributed by atoms with Crippen molar-refractivity contribution in [1.82, 2.24) is 15.3 Å². The van der Waals surface area contributed by atoms with Gasteiger partial charge in [-0.1, -0.05) is 12.1 Å². The monoisotopic (exact) mass is 298 g/mol. The SMILES string of the molecule is Nc1cccc(C(=O)N[C@@H](c2ccccn2)C2CC(O)C2)n1. The van der Waals surface area contributed by atoms with E-state index in [1.54, 1.807) is 24.4 Å². The molecular formula is C16H18N4O2. The fraction of sp³-hybridized carbons (Fsp3) is 0.312. The Bertz CT molecular complexity index is 656. The normalized spacial score (nSPS) is 21.7. The summed E-state index contributed by atoms with van der Waals surface area (Å²) in [4.78, 5) is 20.8. The molecule has 1 aliphatic carbocycles. The highest BCUT2D eigenvalue weighted by atomic mass is 16.3. The molecule has 114 valence electrons. The molecule has 6 nitrogen and oxygen atoms in total.